The van der Waals surface area contributed by atoms with Gasteiger partial charge in [0.05, 0.1) is 32.2 Å². The van der Waals surface area contributed by atoms with Crippen LogP contribution in [0, 0.1) is 11.8 Å². The molecule has 1 saturated carbocycles. The van der Waals surface area contributed by atoms with Crippen molar-refractivity contribution in [2.24, 2.45) is 11.8 Å². The van der Waals surface area contributed by atoms with Crippen LogP contribution in [-0.2, 0) is 4.74 Å². The van der Waals surface area contributed by atoms with E-state index in [-0.39, 0.29) is 23.1 Å². The number of morpholine rings is 1. The van der Waals surface area contributed by atoms with Gasteiger partial charge in [-0.3, -0.25) is 14.1 Å². The highest BCUT2D eigenvalue weighted by atomic mass is 19.1. The number of alkyl halides is 1. The van der Waals surface area contributed by atoms with Crippen molar-refractivity contribution in [2.45, 2.75) is 51.9 Å². The van der Waals surface area contributed by atoms with E-state index in [1.165, 1.54) is 25.5 Å². The summed E-state index contributed by atoms with van der Waals surface area (Å²) in [6.45, 7) is 11.2. The van der Waals surface area contributed by atoms with Crippen LogP contribution in [0.3, 0.4) is 0 Å². The molecule has 2 fully saturated rings. The van der Waals surface area contributed by atoms with Gasteiger partial charge < -0.3 is 14.2 Å². The van der Waals surface area contributed by atoms with Crippen LogP contribution in [-0.4, -0.2) is 59.8 Å². The number of aromatic nitrogens is 2. The summed E-state index contributed by atoms with van der Waals surface area (Å²) in [5.41, 5.74) is 3.74. The van der Waals surface area contributed by atoms with Crippen molar-refractivity contribution in [1.82, 2.24) is 14.3 Å². The Morgan fingerprint density at radius 2 is 1.97 bits per heavy atom. The third-order valence-electron chi connectivity index (χ3n) is 8.15. The minimum Gasteiger partial charge on any atom is -0.496 e. The van der Waals surface area contributed by atoms with Crippen LogP contribution in [0.5, 0.6) is 11.5 Å². The molecule has 39 heavy (non-hydrogen) atoms. The lowest BCUT2D eigenvalue weighted by Gasteiger charge is -2.32. The Labute approximate surface area is 229 Å². The summed E-state index contributed by atoms with van der Waals surface area (Å²) < 4.78 is 33.1. The molecule has 0 bridgehead atoms. The number of imidazole rings is 1. The van der Waals surface area contributed by atoms with Crippen LogP contribution < -0.4 is 9.47 Å². The minimum absolute atomic E-state index is 0.114. The highest BCUT2D eigenvalue weighted by Gasteiger charge is 2.29. The van der Waals surface area contributed by atoms with Gasteiger partial charge in [-0.25, -0.2) is 4.98 Å². The molecular formula is C31H38FN3O4. The molecule has 1 aliphatic heterocycles. The van der Waals surface area contributed by atoms with Crippen LogP contribution in [0.15, 0.2) is 49.3 Å². The largest absolute Gasteiger partial charge is 0.496 e. The van der Waals surface area contributed by atoms with E-state index in [0.29, 0.717) is 29.6 Å². The zero-order valence-electron chi connectivity index (χ0n) is 23.1. The lowest BCUT2D eigenvalue weighted by atomic mass is 9.95. The number of halogens is 1. The number of ketones is 1. The Balaban J connectivity index is 1.47. The molecule has 208 valence electrons. The van der Waals surface area contributed by atoms with Gasteiger partial charge in [0, 0.05) is 37.3 Å². The SMILES string of the molecule is C=CC(F)Oc1cc(-c2cnc3cc(C(C)N4CCOCC4)ccn23)cc(OC)c1C(=O)CCC(C)C1CC1. The number of nitrogens with zero attached hydrogens (tertiary/aromatic N) is 3. The second kappa shape index (κ2) is 11.9. The Bertz CT molecular complexity index is 1330. The van der Waals surface area contributed by atoms with Crippen molar-refractivity contribution < 1.29 is 23.4 Å². The molecule has 3 heterocycles. The lowest BCUT2D eigenvalue weighted by molar-refractivity contribution is 0.0198. The zero-order valence-corrected chi connectivity index (χ0v) is 23.1. The molecule has 2 aromatic heterocycles. The van der Waals surface area contributed by atoms with E-state index in [9.17, 15) is 9.18 Å². The first-order valence-electron chi connectivity index (χ1n) is 13.9. The highest BCUT2D eigenvalue weighted by molar-refractivity contribution is 6.02. The molecule has 7 nitrogen and oxygen atoms in total. The van der Waals surface area contributed by atoms with E-state index < -0.39 is 6.36 Å². The summed E-state index contributed by atoms with van der Waals surface area (Å²) in [4.78, 5) is 20.4. The maximum absolute atomic E-state index is 14.4. The molecule has 1 saturated heterocycles. The zero-order chi connectivity index (χ0) is 27.5. The van der Waals surface area contributed by atoms with Gasteiger partial charge in [-0.15, -0.1) is 0 Å². The summed E-state index contributed by atoms with van der Waals surface area (Å²) >= 11 is 0. The number of benzene rings is 1. The van der Waals surface area contributed by atoms with Gasteiger partial charge in [0.2, 0.25) is 0 Å². The van der Waals surface area contributed by atoms with Crippen molar-refractivity contribution in [1.29, 1.82) is 0 Å². The quantitative estimate of drug-likeness (QED) is 0.201. The van der Waals surface area contributed by atoms with Crippen molar-refractivity contribution in [2.75, 3.05) is 33.4 Å². The van der Waals surface area contributed by atoms with Crippen LogP contribution in [0.1, 0.15) is 61.5 Å². The molecule has 0 spiro atoms. The first kappa shape index (κ1) is 27.3. The maximum Gasteiger partial charge on any atom is 0.257 e. The summed E-state index contributed by atoms with van der Waals surface area (Å²) in [5, 5.41) is 0. The summed E-state index contributed by atoms with van der Waals surface area (Å²) in [7, 11) is 1.51. The first-order chi connectivity index (χ1) is 18.9. The number of rotatable bonds is 12. The standard InChI is InChI=1S/C31H38FN3O4/c1-5-29(32)39-28-17-24(16-27(37-4)31(28)26(36)9-6-20(2)22-7-8-22)25-19-33-30-18-23(10-11-35(25)30)21(3)34-12-14-38-15-13-34/h5,10-11,16-22,29H,1,6-9,12-15H2,2-4H3. The molecular weight excluding hydrogens is 497 g/mol. The maximum atomic E-state index is 14.4. The molecule has 8 heteroatoms. The van der Waals surface area contributed by atoms with Gasteiger partial charge in [0.25, 0.3) is 6.36 Å². The average Bonchev–Trinajstić information content (AvgIpc) is 3.74. The molecule has 5 rings (SSSR count). The number of Topliss-reactive ketones (excluding diaryl/α,β-unsaturated/α-hetero) is 1. The highest BCUT2D eigenvalue weighted by Crippen LogP contribution is 2.41. The molecule has 3 aromatic rings. The predicted octanol–water partition coefficient (Wildman–Crippen LogP) is 6.27. The molecule has 0 radical (unpaired) electrons. The number of ether oxygens (including phenoxy) is 3. The van der Waals surface area contributed by atoms with Gasteiger partial charge in [-0.1, -0.05) is 13.5 Å². The van der Waals surface area contributed by atoms with E-state index in [0.717, 1.165) is 50.1 Å². The second-order valence-corrected chi connectivity index (χ2v) is 10.7. The van der Waals surface area contributed by atoms with Crippen LogP contribution in [0.2, 0.25) is 0 Å². The smallest absolute Gasteiger partial charge is 0.257 e. The molecule has 1 aromatic carbocycles. The fraction of sp³-hybridized carbons (Fsp3) is 0.484. The van der Waals surface area contributed by atoms with Crippen LogP contribution >= 0.6 is 0 Å². The molecule has 2 aliphatic rings. The fourth-order valence-corrected chi connectivity index (χ4v) is 5.47. The van der Waals surface area contributed by atoms with E-state index in [2.05, 4.69) is 42.4 Å². The van der Waals surface area contributed by atoms with E-state index >= 15 is 0 Å². The molecule has 1 aliphatic carbocycles. The first-order valence-corrected chi connectivity index (χ1v) is 13.9. The fourth-order valence-electron chi connectivity index (χ4n) is 5.47. The molecule has 0 amide bonds. The minimum atomic E-state index is -1.76. The number of hydrogen-bond donors (Lipinski definition) is 0. The monoisotopic (exact) mass is 535 g/mol. The van der Waals surface area contributed by atoms with Crippen molar-refractivity contribution in [3.05, 3.63) is 60.4 Å². The third-order valence-corrected chi connectivity index (χ3v) is 8.15. The number of carbonyl (C=O) groups excluding carboxylic acids is 1. The number of methoxy groups -OCH3 is 1. The number of carbonyl (C=O) groups is 1. The van der Waals surface area contributed by atoms with Crippen molar-refractivity contribution in [3.63, 3.8) is 0 Å². The van der Waals surface area contributed by atoms with E-state index in [1.54, 1.807) is 18.3 Å². The number of pyridine rings is 1. The predicted molar refractivity (Wildman–Crippen MR) is 149 cm³/mol. The Hall–Kier alpha value is -3.23. The molecule has 3 atom stereocenters. The third kappa shape index (κ3) is 6.02. The normalized spacial score (nSPS) is 18.5. The van der Waals surface area contributed by atoms with Crippen LogP contribution in [0.25, 0.3) is 16.9 Å². The van der Waals surface area contributed by atoms with Gasteiger partial charge in [-0.2, -0.15) is 4.39 Å². The molecule has 0 N–H and O–H groups in total. The summed E-state index contributed by atoms with van der Waals surface area (Å²) in [6.07, 6.45) is 6.69. The number of fused-ring (bicyclic) bond motifs is 1. The summed E-state index contributed by atoms with van der Waals surface area (Å²) in [5.74, 6) is 1.58. The Morgan fingerprint density at radius 3 is 2.67 bits per heavy atom. The van der Waals surface area contributed by atoms with Gasteiger partial charge in [0.1, 0.15) is 22.7 Å². The van der Waals surface area contributed by atoms with Gasteiger partial charge in [-0.05, 0) is 73.9 Å². The molecule has 3 unspecified atom stereocenters. The van der Waals surface area contributed by atoms with Gasteiger partial charge in [0.15, 0.2) is 5.78 Å². The second-order valence-electron chi connectivity index (χ2n) is 10.7. The van der Waals surface area contributed by atoms with Crippen molar-refractivity contribution >= 4 is 11.4 Å². The Kier molecular flexibility index (Phi) is 8.33. The topological polar surface area (TPSA) is 65.3 Å². The Morgan fingerprint density at radius 1 is 1.23 bits per heavy atom. The average molecular weight is 536 g/mol. The van der Waals surface area contributed by atoms with Crippen LogP contribution in [0.4, 0.5) is 4.39 Å². The number of hydrogen-bond acceptors (Lipinski definition) is 6. The van der Waals surface area contributed by atoms with E-state index in [4.69, 9.17) is 14.2 Å². The van der Waals surface area contributed by atoms with Gasteiger partial charge >= 0.3 is 0 Å². The van der Waals surface area contributed by atoms with Crippen molar-refractivity contribution in [3.8, 4) is 22.8 Å². The summed E-state index contributed by atoms with van der Waals surface area (Å²) in [6, 6.07) is 7.93. The lowest BCUT2D eigenvalue weighted by Crippen LogP contribution is -2.38. The van der Waals surface area contributed by atoms with E-state index in [1.807, 2.05) is 10.6 Å².